The second-order valence-corrected chi connectivity index (χ2v) is 6.46. The van der Waals surface area contributed by atoms with Gasteiger partial charge in [-0.25, -0.2) is 0 Å². The second kappa shape index (κ2) is 8.51. The minimum atomic E-state index is -0.140. The molecule has 0 saturated heterocycles. The van der Waals surface area contributed by atoms with Gasteiger partial charge in [-0.2, -0.15) is 0 Å². The molecule has 3 rings (SSSR count). The van der Waals surface area contributed by atoms with Gasteiger partial charge in [-0.1, -0.05) is 43.2 Å². The van der Waals surface area contributed by atoms with Gasteiger partial charge in [-0.15, -0.1) is 0 Å². The van der Waals surface area contributed by atoms with Crippen LogP contribution in [0.4, 0.5) is 0 Å². The summed E-state index contributed by atoms with van der Waals surface area (Å²) in [6.45, 7) is 0.329. The lowest BCUT2D eigenvalue weighted by molar-refractivity contribution is -0.126. The van der Waals surface area contributed by atoms with Gasteiger partial charge < -0.3 is 15.1 Å². The minimum Gasteiger partial charge on any atom is -0.459 e. The Morgan fingerprint density at radius 2 is 1.68 bits per heavy atom. The first-order valence-corrected chi connectivity index (χ1v) is 8.91. The topological polar surface area (TPSA) is 71.3 Å². The fourth-order valence-corrected chi connectivity index (χ4v) is 3.10. The SMILES string of the molecule is O=C(CCC(=O)NC1CCCC1)NCc1ccc(-c2ccccc2)o1. The molecule has 0 atom stereocenters. The third kappa shape index (κ3) is 5.21. The van der Waals surface area contributed by atoms with Crippen molar-refractivity contribution in [3.8, 4) is 11.3 Å². The molecular formula is C20H24N2O3. The van der Waals surface area contributed by atoms with Crippen LogP contribution in [-0.4, -0.2) is 17.9 Å². The van der Waals surface area contributed by atoms with Gasteiger partial charge in [0.25, 0.3) is 0 Å². The van der Waals surface area contributed by atoms with Crippen LogP contribution in [0.15, 0.2) is 46.9 Å². The molecule has 1 aliphatic rings. The maximum absolute atomic E-state index is 11.9. The van der Waals surface area contributed by atoms with Gasteiger partial charge >= 0.3 is 0 Å². The van der Waals surface area contributed by atoms with Gasteiger partial charge in [-0.3, -0.25) is 9.59 Å². The number of amides is 2. The maximum Gasteiger partial charge on any atom is 0.220 e. The van der Waals surface area contributed by atoms with E-state index in [-0.39, 0.29) is 24.7 Å². The molecule has 2 amide bonds. The van der Waals surface area contributed by atoms with E-state index in [0.29, 0.717) is 18.3 Å². The summed E-state index contributed by atoms with van der Waals surface area (Å²) in [6.07, 6.45) is 4.90. The number of hydrogen-bond acceptors (Lipinski definition) is 3. The number of furan rings is 1. The Balaban J connectivity index is 1.39. The first-order valence-electron chi connectivity index (χ1n) is 8.91. The number of carbonyl (C=O) groups is 2. The highest BCUT2D eigenvalue weighted by Gasteiger charge is 2.17. The second-order valence-electron chi connectivity index (χ2n) is 6.46. The van der Waals surface area contributed by atoms with Gasteiger partial charge in [0.1, 0.15) is 11.5 Å². The number of hydrogen-bond donors (Lipinski definition) is 2. The first-order chi connectivity index (χ1) is 12.2. The quantitative estimate of drug-likeness (QED) is 0.811. The molecule has 1 heterocycles. The van der Waals surface area contributed by atoms with Gasteiger partial charge in [0.15, 0.2) is 0 Å². The molecule has 1 aliphatic carbocycles. The molecule has 0 radical (unpaired) electrons. The molecule has 25 heavy (non-hydrogen) atoms. The molecule has 2 N–H and O–H groups in total. The lowest BCUT2D eigenvalue weighted by atomic mass is 10.2. The largest absolute Gasteiger partial charge is 0.459 e. The standard InChI is InChI=1S/C20H24N2O3/c23-19(12-13-20(24)22-16-8-4-5-9-16)21-14-17-10-11-18(25-17)15-6-2-1-3-7-15/h1-3,6-7,10-11,16H,4-5,8-9,12-14H2,(H,21,23)(H,22,24). The van der Waals surface area contributed by atoms with E-state index in [2.05, 4.69) is 10.6 Å². The van der Waals surface area contributed by atoms with Crippen molar-refractivity contribution < 1.29 is 14.0 Å². The molecule has 0 aliphatic heterocycles. The molecule has 5 nitrogen and oxygen atoms in total. The lowest BCUT2D eigenvalue weighted by Gasteiger charge is -2.11. The summed E-state index contributed by atoms with van der Waals surface area (Å²) >= 11 is 0. The smallest absolute Gasteiger partial charge is 0.220 e. The predicted octanol–water partition coefficient (Wildman–Crippen LogP) is 3.40. The van der Waals surface area contributed by atoms with Crippen molar-refractivity contribution in [3.63, 3.8) is 0 Å². The molecule has 1 saturated carbocycles. The molecule has 5 heteroatoms. The Bertz CT molecular complexity index is 703. The van der Waals surface area contributed by atoms with Gasteiger partial charge in [0, 0.05) is 24.4 Å². The molecule has 132 valence electrons. The zero-order chi connectivity index (χ0) is 17.5. The van der Waals surface area contributed by atoms with E-state index in [0.717, 1.165) is 24.2 Å². The van der Waals surface area contributed by atoms with Crippen LogP contribution in [0.3, 0.4) is 0 Å². The molecule has 0 spiro atoms. The maximum atomic E-state index is 11.9. The zero-order valence-electron chi connectivity index (χ0n) is 14.3. The zero-order valence-corrected chi connectivity index (χ0v) is 14.3. The van der Waals surface area contributed by atoms with E-state index in [1.807, 2.05) is 42.5 Å². The Morgan fingerprint density at radius 3 is 2.44 bits per heavy atom. The highest BCUT2D eigenvalue weighted by molar-refractivity contribution is 5.83. The summed E-state index contributed by atoms with van der Waals surface area (Å²) in [6, 6.07) is 13.9. The molecule has 0 unspecified atom stereocenters. The lowest BCUT2D eigenvalue weighted by Crippen LogP contribution is -2.33. The molecule has 1 fully saturated rings. The number of carbonyl (C=O) groups excluding carboxylic acids is 2. The summed E-state index contributed by atoms with van der Waals surface area (Å²) in [5.41, 5.74) is 1.00. The number of benzene rings is 1. The van der Waals surface area contributed by atoms with Gasteiger partial charge in [0.05, 0.1) is 6.54 Å². The van der Waals surface area contributed by atoms with E-state index in [1.165, 1.54) is 12.8 Å². The van der Waals surface area contributed by atoms with Crippen molar-refractivity contribution in [1.29, 1.82) is 0 Å². The summed E-state index contributed by atoms with van der Waals surface area (Å²) in [5.74, 6) is 1.30. The van der Waals surface area contributed by atoms with E-state index in [4.69, 9.17) is 4.42 Å². The third-order valence-corrected chi connectivity index (χ3v) is 4.48. The summed E-state index contributed by atoms with van der Waals surface area (Å²) in [7, 11) is 0. The minimum absolute atomic E-state index is 0.0357. The van der Waals surface area contributed by atoms with Crippen molar-refractivity contribution in [2.24, 2.45) is 0 Å². The predicted molar refractivity (Wildman–Crippen MR) is 95.6 cm³/mol. The highest BCUT2D eigenvalue weighted by Crippen LogP contribution is 2.21. The molecular weight excluding hydrogens is 316 g/mol. The van der Waals surface area contributed by atoms with Crippen molar-refractivity contribution in [2.75, 3.05) is 0 Å². The van der Waals surface area contributed by atoms with Crippen LogP contribution in [0.2, 0.25) is 0 Å². The van der Waals surface area contributed by atoms with Gasteiger partial charge in [-0.05, 0) is 25.0 Å². The van der Waals surface area contributed by atoms with Crippen LogP contribution >= 0.6 is 0 Å². The number of rotatable bonds is 7. The summed E-state index contributed by atoms with van der Waals surface area (Å²) in [4.78, 5) is 23.7. The average Bonchev–Trinajstić information content (AvgIpc) is 3.31. The van der Waals surface area contributed by atoms with E-state index in [1.54, 1.807) is 0 Å². The average molecular weight is 340 g/mol. The van der Waals surface area contributed by atoms with Crippen LogP contribution in [0.1, 0.15) is 44.3 Å². The monoisotopic (exact) mass is 340 g/mol. The molecule has 0 bridgehead atoms. The van der Waals surface area contributed by atoms with E-state index in [9.17, 15) is 9.59 Å². The van der Waals surface area contributed by atoms with Crippen molar-refractivity contribution in [1.82, 2.24) is 10.6 Å². The van der Waals surface area contributed by atoms with Crippen molar-refractivity contribution in [3.05, 3.63) is 48.2 Å². The Morgan fingerprint density at radius 1 is 0.960 bits per heavy atom. The van der Waals surface area contributed by atoms with Crippen molar-refractivity contribution >= 4 is 11.8 Å². The number of nitrogens with one attached hydrogen (secondary N) is 2. The molecule has 1 aromatic heterocycles. The van der Waals surface area contributed by atoms with Crippen LogP contribution in [0.5, 0.6) is 0 Å². The van der Waals surface area contributed by atoms with Crippen LogP contribution in [-0.2, 0) is 16.1 Å². The normalized spacial score (nSPS) is 14.4. The summed E-state index contributed by atoms with van der Waals surface area (Å²) < 4.78 is 5.74. The van der Waals surface area contributed by atoms with Crippen LogP contribution in [0, 0.1) is 0 Å². The van der Waals surface area contributed by atoms with E-state index < -0.39 is 0 Å². The first kappa shape index (κ1) is 17.3. The molecule has 2 aromatic rings. The summed E-state index contributed by atoms with van der Waals surface area (Å²) in [5, 5.41) is 5.79. The fraction of sp³-hybridized carbons (Fsp3) is 0.400. The highest BCUT2D eigenvalue weighted by atomic mass is 16.3. The van der Waals surface area contributed by atoms with E-state index >= 15 is 0 Å². The fourth-order valence-electron chi connectivity index (χ4n) is 3.10. The Hall–Kier alpha value is -2.56. The van der Waals surface area contributed by atoms with Crippen molar-refractivity contribution in [2.45, 2.75) is 51.1 Å². The van der Waals surface area contributed by atoms with Crippen LogP contribution < -0.4 is 10.6 Å². The van der Waals surface area contributed by atoms with Crippen LogP contribution in [0.25, 0.3) is 11.3 Å². The Kier molecular flexibility index (Phi) is 5.88. The Labute approximate surface area is 147 Å². The van der Waals surface area contributed by atoms with Gasteiger partial charge in [0.2, 0.25) is 11.8 Å². The third-order valence-electron chi connectivity index (χ3n) is 4.48. The molecule has 1 aromatic carbocycles.